The number of anilines is 1. The van der Waals surface area contributed by atoms with E-state index in [1.54, 1.807) is 0 Å². The number of fused-ring (bicyclic) bond motifs is 1. The van der Waals surface area contributed by atoms with Crippen LogP contribution in [-0.2, 0) is 0 Å². The lowest BCUT2D eigenvalue weighted by molar-refractivity contribution is 0.422. The highest BCUT2D eigenvalue weighted by Gasteiger charge is 2.23. The molecule has 1 aliphatic heterocycles. The molecule has 2 unspecified atom stereocenters. The fourth-order valence-corrected chi connectivity index (χ4v) is 4.10. The molecule has 142 valence electrons. The number of hydrogen-bond donors (Lipinski definition) is 1. The maximum absolute atomic E-state index is 4.80. The zero-order valence-electron chi connectivity index (χ0n) is 17.0. The van der Waals surface area contributed by atoms with Crippen LogP contribution in [0.3, 0.4) is 0 Å². The second-order valence-electron chi connectivity index (χ2n) is 8.26. The second kappa shape index (κ2) is 7.01. The number of pyridine rings is 1. The van der Waals surface area contributed by atoms with E-state index in [4.69, 9.17) is 4.98 Å². The first kappa shape index (κ1) is 18.1. The van der Waals surface area contributed by atoms with Gasteiger partial charge in [-0.05, 0) is 63.9 Å². The molecular weight excluding hydrogens is 332 g/mol. The molecule has 0 amide bonds. The molecule has 0 bridgehead atoms. The summed E-state index contributed by atoms with van der Waals surface area (Å²) in [5, 5.41) is 4.86. The largest absolute Gasteiger partial charge is 0.351 e. The molecule has 1 aromatic carbocycles. The number of hydrogen-bond acceptors (Lipinski definition) is 3. The average Bonchev–Trinajstić information content (AvgIpc) is 3.00. The lowest BCUT2D eigenvalue weighted by atomic mass is 10.0. The average molecular weight is 363 g/mol. The summed E-state index contributed by atoms with van der Waals surface area (Å²) in [6.07, 6.45) is 4.28. The van der Waals surface area contributed by atoms with Gasteiger partial charge in [0.1, 0.15) is 5.82 Å². The number of rotatable bonds is 3. The first-order valence-electron chi connectivity index (χ1n) is 10.0. The highest BCUT2D eigenvalue weighted by atomic mass is 15.3. The standard InChI is InChI=1S/C23H30N4/c1-15(2)26-13-16(3)21-8-6-19(10-22(21)26)20-7-9-23(25-12-20)27-14-17(4)24-11-18(27)5/h6-10,12-13,15,17-18,24H,11,14H2,1-5H3. The van der Waals surface area contributed by atoms with E-state index in [2.05, 4.69) is 85.9 Å². The minimum Gasteiger partial charge on any atom is -0.351 e. The van der Waals surface area contributed by atoms with Crippen LogP contribution in [0.25, 0.3) is 22.0 Å². The third-order valence-corrected chi connectivity index (χ3v) is 5.73. The Labute approximate surface area is 162 Å². The Morgan fingerprint density at radius 2 is 1.89 bits per heavy atom. The van der Waals surface area contributed by atoms with Crippen molar-refractivity contribution in [2.75, 3.05) is 18.0 Å². The van der Waals surface area contributed by atoms with E-state index in [1.165, 1.54) is 27.6 Å². The number of nitrogens with zero attached hydrogens (tertiary/aromatic N) is 3. The minimum absolute atomic E-state index is 0.452. The van der Waals surface area contributed by atoms with Crippen molar-refractivity contribution in [3.8, 4) is 11.1 Å². The summed E-state index contributed by atoms with van der Waals surface area (Å²) in [7, 11) is 0. The van der Waals surface area contributed by atoms with Crippen molar-refractivity contribution in [3.05, 3.63) is 48.3 Å². The molecule has 2 atom stereocenters. The van der Waals surface area contributed by atoms with Gasteiger partial charge >= 0.3 is 0 Å². The van der Waals surface area contributed by atoms with Crippen LogP contribution in [0.2, 0.25) is 0 Å². The predicted molar refractivity (Wildman–Crippen MR) is 115 cm³/mol. The van der Waals surface area contributed by atoms with E-state index in [1.807, 2.05) is 6.20 Å². The van der Waals surface area contributed by atoms with Crippen molar-refractivity contribution >= 4 is 16.7 Å². The summed E-state index contributed by atoms with van der Waals surface area (Å²) in [5.41, 5.74) is 5.03. The van der Waals surface area contributed by atoms with Crippen LogP contribution in [0.5, 0.6) is 0 Å². The van der Waals surface area contributed by atoms with Gasteiger partial charge < -0.3 is 14.8 Å². The van der Waals surface area contributed by atoms with Crippen LogP contribution >= 0.6 is 0 Å². The van der Waals surface area contributed by atoms with Crippen LogP contribution < -0.4 is 10.2 Å². The SMILES string of the molecule is Cc1cn(C(C)C)c2cc(-c3ccc(N4CC(C)NCC4C)nc3)ccc12. The number of piperazine rings is 1. The molecule has 0 aliphatic carbocycles. The van der Waals surface area contributed by atoms with Gasteiger partial charge in [0.25, 0.3) is 0 Å². The normalized spacial score (nSPS) is 20.6. The van der Waals surface area contributed by atoms with Gasteiger partial charge in [-0.3, -0.25) is 0 Å². The Balaban J connectivity index is 1.67. The monoisotopic (exact) mass is 362 g/mol. The van der Waals surface area contributed by atoms with Gasteiger partial charge in [0.15, 0.2) is 0 Å². The van der Waals surface area contributed by atoms with Crippen molar-refractivity contribution in [2.24, 2.45) is 0 Å². The van der Waals surface area contributed by atoms with Gasteiger partial charge in [0, 0.05) is 60.1 Å². The van der Waals surface area contributed by atoms with Gasteiger partial charge in [-0.1, -0.05) is 12.1 Å². The van der Waals surface area contributed by atoms with Gasteiger partial charge in [-0.15, -0.1) is 0 Å². The highest BCUT2D eigenvalue weighted by Crippen LogP contribution is 2.30. The van der Waals surface area contributed by atoms with Crippen LogP contribution in [0, 0.1) is 6.92 Å². The van der Waals surface area contributed by atoms with Crippen molar-refractivity contribution in [3.63, 3.8) is 0 Å². The van der Waals surface area contributed by atoms with Crippen molar-refractivity contribution in [1.29, 1.82) is 0 Å². The quantitative estimate of drug-likeness (QED) is 0.728. The van der Waals surface area contributed by atoms with E-state index in [-0.39, 0.29) is 0 Å². The molecule has 3 aromatic rings. The predicted octanol–water partition coefficient (Wildman–Crippen LogP) is 4.78. The number of aromatic nitrogens is 2. The maximum atomic E-state index is 4.80. The fraction of sp³-hybridized carbons (Fsp3) is 0.435. The van der Waals surface area contributed by atoms with Crippen LogP contribution in [0.1, 0.15) is 39.3 Å². The maximum Gasteiger partial charge on any atom is 0.128 e. The molecule has 0 spiro atoms. The van der Waals surface area contributed by atoms with Crippen molar-refractivity contribution in [1.82, 2.24) is 14.9 Å². The fourth-order valence-electron chi connectivity index (χ4n) is 4.10. The van der Waals surface area contributed by atoms with E-state index < -0.39 is 0 Å². The molecule has 4 nitrogen and oxygen atoms in total. The summed E-state index contributed by atoms with van der Waals surface area (Å²) in [6, 6.07) is 12.5. The summed E-state index contributed by atoms with van der Waals surface area (Å²) >= 11 is 0. The Kier molecular flexibility index (Phi) is 4.68. The lowest BCUT2D eigenvalue weighted by Gasteiger charge is -2.38. The van der Waals surface area contributed by atoms with Gasteiger partial charge in [-0.2, -0.15) is 0 Å². The zero-order chi connectivity index (χ0) is 19.1. The zero-order valence-corrected chi connectivity index (χ0v) is 17.0. The molecule has 4 rings (SSSR count). The molecule has 0 radical (unpaired) electrons. The van der Waals surface area contributed by atoms with Crippen molar-refractivity contribution in [2.45, 2.75) is 52.7 Å². The third kappa shape index (κ3) is 3.34. The molecule has 4 heteroatoms. The molecule has 1 saturated heterocycles. The molecule has 3 heterocycles. The first-order valence-corrected chi connectivity index (χ1v) is 10.0. The topological polar surface area (TPSA) is 33.1 Å². The van der Waals surface area contributed by atoms with E-state index >= 15 is 0 Å². The van der Waals surface area contributed by atoms with Gasteiger partial charge in [-0.25, -0.2) is 4.98 Å². The lowest BCUT2D eigenvalue weighted by Crippen LogP contribution is -2.54. The first-order chi connectivity index (χ1) is 12.9. The Morgan fingerprint density at radius 1 is 1.11 bits per heavy atom. The van der Waals surface area contributed by atoms with Crippen LogP contribution in [0.4, 0.5) is 5.82 Å². The second-order valence-corrected chi connectivity index (χ2v) is 8.26. The van der Waals surface area contributed by atoms with Gasteiger partial charge in [0.2, 0.25) is 0 Å². The van der Waals surface area contributed by atoms with Crippen LogP contribution in [0.15, 0.2) is 42.7 Å². The molecule has 1 N–H and O–H groups in total. The molecule has 2 aromatic heterocycles. The Morgan fingerprint density at radius 3 is 2.59 bits per heavy atom. The van der Waals surface area contributed by atoms with E-state index in [9.17, 15) is 0 Å². The molecule has 27 heavy (non-hydrogen) atoms. The summed E-state index contributed by atoms with van der Waals surface area (Å²) in [6.45, 7) is 13.1. The van der Waals surface area contributed by atoms with E-state index in [0.717, 1.165) is 18.9 Å². The molecule has 0 saturated carbocycles. The van der Waals surface area contributed by atoms with Crippen molar-refractivity contribution < 1.29 is 0 Å². The molecule has 1 fully saturated rings. The van der Waals surface area contributed by atoms with Crippen LogP contribution in [-0.4, -0.2) is 34.7 Å². The van der Waals surface area contributed by atoms with E-state index in [0.29, 0.717) is 18.1 Å². The summed E-state index contributed by atoms with van der Waals surface area (Å²) in [5.74, 6) is 1.07. The highest BCUT2D eigenvalue weighted by molar-refractivity contribution is 5.88. The van der Waals surface area contributed by atoms with Gasteiger partial charge in [0.05, 0.1) is 0 Å². The minimum atomic E-state index is 0.452. The number of benzene rings is 1. The number of nitrogens with one attached hydrogen (secondary N) is 1. The smallest absolute Gasteiger partial charge is 0.128 e. The third-order valence-electron chi connectivity index (χ3n) is 5.73. The molecule has 1 aliphatic rings. The Hall–Kier alpha value is -2.33. The summed E-state index contributed by atoms with van der Waals surface area (Å²) < 4.78 is 2.36. The summed E-state index contributed by atoms with van der Waals surface area (Å²) in [4.78, 5) is 7.20. The number of aryl methyl sites for hydroxylation is 1. The molecular formula is C23H30N4. The Bertz CT molecular complexity index is 939.